The van der Waals surface area contributed by atoms with Crippen LogP contribution in [-0.4, -0.2) is 70.4 Å². The molecule has 3 heterocycles. The highest BCUT2D eigenvalue weighted by molar-refractivity contribution is 5.94. The fraction of sp³-hybridized carbons (Fsp3) is 0.467. The predicted octanol–water partition coefficient (Wildman–Crippen LogP) is 0.519. The molecule has 1 amide bonds. The first-order chi connectivity index (χ1) is 10.6. The molecule has 0 aromatic carbocycles. The number of anilines is 1. The van der Waals surface area contributed by atoms with E-state index in [1.807, 2.05) is 13.0 Å². The molecule has 0 atom stereocenters. The molecule has 0 aliphatic carbocycles. The quantitative estimate of drug-likeness (QED) is 0.891. The van der Waals surface area contributed by atoms with Gasteiger partial charge < -0.3 is 10.2 Å². The van der Waals surface area contributed by atoms with Crippen LogP contribution in [0.15, 0.2) is 18.5 Å². The summed E-state index contributed by atoms with van der Waals surface area (Å²) < 4.78 is 0. The maximum absolute atomic E-state index is 12.2. The van der Waals surface area contributed by atoms with Gasteiger partial charge in [0.2, 0.25) is 5.91 Å². The Morgan fingerprint density at radius 3 is 2.73 bits per heavy atom. The van der Waals surface area contributed by atoms with Gasteiger partial charge in [-0.2, -0.15) is 0 Å². The number of fused-ring (bicyclic) bond motifs is 1. The van der Waals surface area contributed by atoms with Crippen molar-refractivity contribution in [1.82, 2.24) is 24.8 Å². The molecule has 1 saturated heterocycles. The Labute approximate surface area is 129 Å². The molecule has 2 aromatic rings. The molecule has 0 saturated carbocycles. The summed E-state index contributed by atoms with van der Waals surface area (Å²) in [5, 5.41) is 2.94. The number of aryl methyl sites for hydroxylation is 1. The molecular formula is C15H20N6O. The van der Waals surface area contributed by atoms with Gasteiger partial charge in [0.25, 0.3) is 0 Å². The third-order valence-electron chi connectivity index (χ3n) is 3.89. The van der Waals surface area contributed by atoms with E-state index >= 15 is 0 Å². The number of aromatic nitrogens is 3. The van der Waals surface area contributed by atoms with Gasteiger partial charge in [-0.1, -0.05) is 0 Å². The molecule has 2 aromatic heterocycles. The number of likely N-dealkylation sites (N-methyl/N-ethyl adjacent to an activating group) is 1. The SMILES string of the molecule is Cc1nc2nccnc2cc1NC(=O)CN1CCN(C)CC1. The minimum absolute atomic E-state index is 0.0160. The molecule has 0 unspecified atom stereocenters. The summed E-state index contributed by atoms with van der Waals surface area (Å²) in [4.78, 5) is 29.4. The average Bonchev–Trinajstić information content (AvgIpc) is 2.50. The van der Waals surface area contributed by atoms with E-state index in [4.69, 9.17) is 0 Å². The lowest BCUT2D eigenvalue weighted by Gasteiger charge is -2.31. The lowest BCUT2D eigenvalue weighted by atomic mass is 10.2. The number of carbonyl (C=O) groups is 1. The normalized spacial score (nSPS) is 16.8. The van der Waals surface area contributed by atoms with Crippen LogP contribution in [0.25, 0.3) is 11.2 Å². The summed E-state index contributed by atoms with van der Waals surface area (Å²) in [6.07, 6.45) is 3.23. The Balaban J connectivity index is 1.67. The molecule has 1 aliphatic heterocycles. The van der Waals surface area contributed by atoms with E-state index in [9.17, 15) is 4.79 Å². The molecule has 1 fully saturated rings. The molecule has 3 rings (SSSR count). The van der Waals surface area contributed by atoms with Crippen molar-refractivity contribution in [2.45, 2.75) is 6.92 Å². The number of pyridine rings is 1. The molecule has 7 nitrogen and oxygen atoms in total. The molecule has 116 valence electrons. The zero-order chi connectivity index (χ0) is 15.5. The minimum Gasteiger partial charge on any atom is -0.323 e. The van der Waals surface area contributed by atoms with Crippen molar-refractivity contribution >= 4 is 22.8 Å². The lowest BCUT2D eigenvalue weighted by molar-refractivity contribution is -0.117. The van der Waals surface area contributed by atoms with Crippen LogP contribution < -0.4 is 5.32 Å². The summed E-state index contributed by atoms with van der Waals surface area (Å²) in [5.41, 5.74) is 2.73. The van der Waals surface area contributed by atoms with Gasteiger partial charge in [-0.3, -0.25) is 14.7 Å². The van der Waals surface area contributed by atoms with E-state index in [2.05, 4.69) is 37.1 Å². The third kappa shape index (κ3) is 3.37. The number of carbonyl (C=O) groups excluding carboxylic acids is 1. The number of rotatable bonds is 3. The first kappa shape index (κ1) is 14.8. The molecule has 1 aliphatic rings. The predicted molar refractivity (Wildman–Crippen MR) is 84.6 cm³/mol. The molecule has 0 radical (unpaired) electrons. The number of hydrogen-bond donors (Lipinski definition) is 1. The highest BCUT2D eigenvalue weighted by Crippen LogP contribution is 2.17. The van der Waals surface area contributed by atoms with Crippen LogP contribution in [0.5, 0.6) is 0 Å². The summed E-state index contributed by atoms with van der Waals surface area (Å²) >= 11 is 0. The number of amides is 1. The first-order valence-electron chi connectivity index (χ1n) is 7.41. The van der Waals surface area contributed by atoms with Crippen LogP contribution in [0.4, 0.5) is 5.69 Å². The van der Waals surface area contributed by atoms with E-state index in [1.165, 1.54) is 0 Å². The molecule has 1 N–H and O–H groups in total. The van der Waals surface area contributed by atoms with Crippen LogP contribution in [-0.2, 0) is 4.79 Å². The number of piperazine rings is 1. The molecule has 0 spiro atoms. The largest absolute Gasteiger partial charge is 0.323 e. The van der Waals surface area contributed by atoms with E-state index in [0.29, 0.717) is 23.4 Å². The van der Waals surface area contributed by atoms with Gasteiger partial charge in [0, 0.05) is 38.6 Å². The zero-order valence-corrected chi connectivity index (χ0v) is 12.9. The number of nitrogens with one attached hydrogen (secondary N) is 1. The van der Waals surface area contributed by atoms with Crippen LogP contribution in [0, 0.1) is 6.92 Å². The van der Waals surface area contributed by atoms with E-state index in [-0.39, 0.29) is 5.91 Å². The minimum atomic E-state index is -0.0160. The number of nitrogens with zero attached hydrogens (tertiary/aromatic N) is 5. The Morgan fingerprint density at radius 1 is 1.23 bits per heavy atom. The van der Waals surface area contributed by atoms with Crippen molar-refractivity contribution in [1.29, 1.82) is 0 Å². The third-order valence-corrected chi connectivity index (χ3v) is 3.89. The second kappa shape index (κ2) is 6.33. The Hall–Kier alpha value is -2.12. The van der Waals surface area contributed by atoms with E-state index in [1.54, 1.807) is 12.4 Å². The highest BCUT2D eigenvalue weighted by atomic mass is 16.2. The van der Waals surface area contributed by atoms with E-state index < -0.39 is 0 Å². The monoisotopic (exact) mass is 300 g/mol. The fourth-order valence-corrected chi connectivity index (χ4v) is 2.51. The van der Waals surface area contributed by atoms with Crippen molar-refractivity contribution in [2.24, 2.45) is 0 Å². The average molecular weight is 300 g/mol. The molecule has 22 heavy (non-hydrogen) atoms. The maximum atomic E-state index is 12.2. The summed E-state index contributed by atoms with van der Waals surface area (Å²) in [7, 11) is 2.10. The van der Waals surface area contributed by atoms with Crippen LogP contribution in [0.2, 0.25) is 0 Å². The van der Waals surface area contributed by atoms with Gasteiger partial charge in [-0.05, 0) is 20.0 Å². The Bertz CT molecular complexity index is 681. The molecule has 0 bridgehead atoms. The number of hydrogen-bond acceptors (Lipinski definition) is 6. The van der Waals surface area contributed by atoms with Gasteiger partial charge in [0.15, 0.2) is 5.65 Å². The van der Waals surface area contributed by atoms with Crippen molar-refractivity contribution in [3.05, 3.63) is 24.2 Å². The van der Waals surface area contributed by atoms with Gasteiger partial charge >= 0.3 is 0 Å². The van der Waals surface area contributed by atoms with Gasteiger partial charge in [0.05, 0.1) is 17.9 Å². The zero-order valence-electron chi connectivity index (χ0n) is 12.9. The van der Waals surface area contributed by atoms with Gasteiger partial charge in [0.1, 0.15) is 5.52 Å². The standard InChI is InChI=1S/C15H20N6O/c1-11-12(9-13-15(18-11)17-4-3-16-13)19-14(22)10-21-7-5-20(2)6-8-21/h3-4,9H,5-8,10H2,1-2H3,(H,19,22). The smallest absolute Gasteiger partial charge is 0.238 e. The molecule has 7 heteroatoms. The topological polar surface area (TPSA) is 74.2 Å². The van der Waals surface area contributed by atoms with Crippen molar-refractivity contribution in [3.8, 4) is 0 Å². The summed E-state index contributed by atoms with van der Waals surface area (Å²) in [6, 6.07) is 1.83. The van der Waals surface area contributed by atoms with Crippen LogP contribution >= 0.6 is 0 Å². The van der Waals surface area contributed by atoms with Crippen molar-refractivity contribution in [2.75, 3.05) is 45.1 Å². The summed E-state index contributed by atoms with van der Waals surface area (Å²) in [6.45, 7) is 6.11. The Morgan fingerprint density at radius 2 is 1.95 bits per heavy atom. The maximum Gasteiger partial charge on any atom is 0.238 e. The van der Waals surface area contributed by atoms with Crippen LogP contribution in [0.1, 0.15) is 5.69 Å². The van der Waals surface area contributed by atoms with Gasteiger partial charge in [-0.15, -0.1) is 0 Å². The van der Waals surface area contributed by atoms with Crippen LogP contribution in [0.3, 0.4) is 0 Å². The van der Waals surface area contributed by atoms with E-state index in [0.717, 1.165) is 31.9 Å². The van der Waals surface area contributed by atoms with Crippen molar-refractivity contribution in [3.63, 3.8) is 0 Å². The summed E-state index contributed by atoms with van der Waals surface area (Å²) in [5.74, 6) is -0.0160. The van der Waals surface area contributed by atoms with Crippen molar-refractivity contribution < 1.29 is 4.79 Å². The first-order valence-corrected chi connectivity index (χ1v) is 7.41. The highest BCUT2D eigenvalue weighted by Gasteiger charge is 2.17. The van der Waals surface area contributed by atoms with Gasteiger partial charge in [-0.25, -0.2) is 9.97 Å². The second-order valence-corrected chi connectivity index (χ2v) is 5.65. The fourth-order valence-electron chi connectivity index (χ4n) is 2.51. The second-order valence-electron chi connectivity index (χ2n) is 5.65. The Kier molecular flexibility index (Phi) is 4.26. The lowest BCUT2D eigenvalue weighted by Crippen LogP contribution is -2.47. The molecular weight excluding hydrogens is 280 g/mol.